The second-order valence-electron chi connectivity index (χ2n) is 9.87. The minimum absolute atomic E-state index is 0.0698. The molecule has 0 saturated carbocycles. The molecule has 1 aromatic heterocycles. The highest BCUT2D eigenvalue weighted by atomic mass is 35.5. The first-order valence-electron chi connectivity index (χ1n) is 12.9. The fraction of sp³-hybridized carbons (Fsp3) is 0.370. The van der Waals surface area contributed by atoms with Crippen molar-refractivity contribution in [1.29, 1.82) is 0 Å². The van der Waals surface area contributed by atoms with Crippen LogP contribution in [0.15, 0.2) is 47.8 Å². The number of alkyl halides is 3. The number of imidazole rings is 1. The molecule has 2 aromatic carbocycles. The maximum Gasteiger partial charge on any atom is 0.416 e. The van der Waals surface area contributed by atoms with Gasteiger partial charge in [0.05, 0.1) is 34.4 Å². The molecule has 0 unspecified atom stereocenters. The summed E-state index contributed by atoms with van der Waals surface area (Å²) in [5.41, 5.74) is -1.46. The lowest BCUT2D eigenvalue weighted by atomic mass is 9.99. The van der Waals surface area contributed by atoms with Gasteiger partial charge in [0.15, 0.2) is 9.84 Å². The third kappa shape index (κ3) is 7.08. The van der Waals surface area contributed by atoms with Crippen molar-refractivity contribution >= 4 is 50.5 Å². The van der Waals surface area contributed by atoms with Gasteiger partial charge >= 0.3 is 6.18 Å². The lowest BCUT2D eigenvalue weighted by molar-refractivity contribution is -0.138. The van der Waals surface area contributed by atoms with E-state index in [1.165, 1.54) is 44.7 Å². The SMILES string of the molecule is CCS(=O)(=O)c1ccc(Cl)cc1N(C)C(=O)c1cc(Cl)c(CN2CCC[C@H](NC(=O)c3cnc[nH]3)C2)c(C(F)(F)F)c1. The van der Waals surface area contributed by atoms with E-state index >= 15 is 0 Å². The van der Waals surface area contributed by atoms with Crippen LogP contribution in [0, 0.1) is 0 Å². The number of sulfone groups is 1. The average Bonchev–Trinajstić information content (AvgIpc) is 3.48. The lowest BCUT2D eigenvalue weighted by Crippen LogP contribution is -2.47. The van der Waals surface area contributed by atoms with Gasteiger partial charge in [-0.15, -0.1) is 0 Å². The van der Waals surface area contributed by atoms with Crippen molar-refractivity contribution in [3.8, 4) is 0 Å². The third-order valence-corrected chi connectivity index (χ3v) is 9.36. The van der Waals surface area contributed by atoms with Crippen molar-refractivity contribution in [3.05, 3.63) is 75.3 Å². The Kier molecular flexibility index (Phi) is 9.55. The molecular formula is C27H28Cl2F3N5O4S. The Morgan fingerprint density at radius 3 is 2.60 bits per heavy atom. The molecule has 1 fully saturated rings. The summed E-state index contributed by atoms with van der Waals surface area (Å²) >= 11 is 12.5. The highest BCUT2D eigenvalue weighted by Crippen LogP contribution is 2.38. The predicted octanol–water partition coefficient (Wildman–Crippen LogP) is 5.20. The summed E-state index contributed by atoms with van der Waals surface area (Å²) in [4.78, 5) is 34.9. The highest BCUT2D eigenvalue weighted by Gasteiger charge is 2.37. The molecule has 1 aliphatic rings. The number of hydrogen-bond donors (Lipinski definition) is 2. The number of nitrogens with zero attached hydrogens (tertiary/aromatic N) is 3. The number of benzene rings is 2. The van der Waals surface area contributed by atoms with Gasteiger partial charge in [-0.25, -0.2) is 13.4 Å². The van der Waals surface area contributed by atoms with Crippen LogP contribution in [0.25, 0.3) is 0 Å². The molecule has 2 N–H and O–H groups in total. The number of aromatic nitrogens is 2. The molecule has 0 radical (unpaired) electrons. The number of nitrogens with one attached hydrogen (secondary N) is 2. The van der Waals surface area contributed by atoms with Gasteiger partial charge in [-0.1, -0.05) is 30.1 Å². The molecule has 0 bridgehead atoms. The molecule has 226 valence electrons. The monoisotopic (exact) mass is 645 g/mol. The number of anilines is 1. The molecule has 15 heteroatoms. The number of H-pyrrole nitrogens is 1. The van der Waals surface area contributed by atoms with Gasteiger partial charge in [0.2, 0.25) is 0 Å². The van der Waals surface area contributed by atoms with Crippen LogP contribution >= 0.6 is 23.2 Å². The van der Waals surface area contributed by atoms with Gasteiger partial charge in [0, 0.05) is 41.8 Å². The molecule has 1 aliphatic heterocycles. The molecule has 0 aliphatic carbocycles. The molecule has 0 spiro atoms. The highest BCUT2D eigenvalue weighted by molar-refractivity contribution is 7.91. The minimum atomic E-state index is -4.84. The van der Waals surface area contributed by atoms with Crippen molar-refractivity contribution in [2.75, 3.05) is 30.8 Å². The minimum Gasteiger partial charge on any atom is -0.347 e. The summed E-state index contributed by atoms with van der Waals surface area (Å²) in [5, 5.41) is 2.74. The van der Waals surface area contributed by atoms with Gasteiger partial charge < -0.3 is 15.2 Å². The zero-order valence-corrected chi connectivity index (χ0v) is 25.0. The van der Waals surface area contributed by atoms with Crippen LogP contribution < -0.4 is 10.2 Å². The van der Waals surface area contributed by atoms with E-state index in [9.17, 15) is 31.2 Å². The summed E-state index contributed by atoms with van der Waals surface area (Å²) < 4.78 is 68.2. The molecule has 42 heavy (non-hydrogen) atoms. The van der Waals surface area contributed by atoms with Gasteiger partial charge in [0.1, 0.15) is 5.69 Å². The van der Waals surface area contributed by atoms with Gasteiger partial charge in [-0.3, -0.25) is 14.5 Å². The number of amides is 2. The first kappa shape index (κ1) is 31.8. The van der Waals surface area contributed by atoms with Crippen LogP contribution in [0.2, 0.25) is 10.0 Å². The van der Waals surface area contributed by atoms with Crippen LogP contribution in [0.1, 0.15) is 51.7 Å². The van der Waals surface area contributed by atoms with Crippen LogP contribution in [-0.2, 0) is 22.6 Å². The van der Waals surface area contributed by atoms with E-state index in [-0.39, 0.29) is 61.7 Å². The number of piperidine rings is 1. The predicted molar refractivity (Wildman–Crippen MR) is 153 cm³/mol. The number of aromatic amines is 1. The van der Waals surface area contributed by atoms with E-state index < -0.39 is 27.5 Å². The first-order valence-corrected chi connectivity index (χ1v) is 15.3. The fourth-order valence-corrected chi connectivity index (χ4v) is 6.38. The quantitative estimate of drug-likeness (QED) is 0.348. The van der Waals surface area contributed by atoms with E-state index in [4.69, 9.17) is 23.2 Å². The first-order chi connectivity index (χ1) is 19.7. The lowest BCUT2D eigenvalue weighted by Gasteiger charge is -2.34. The molecule has 4 rings (SSSR count). The van der Waals surface area contributed by atoms with Gasteiger partial charge in [0.25, 0.3) is 11.8 Å². The summed E-state index contributed by atoms with van der Waals surface area (Å²) in [5.74, 6) is -1.52. The fourth-order valence-electron chi connectivity index (χ4n) is 4.83. The van der Waals surface area contributed by atoms with Crippen molar-refractivity contribution in [3.63, 3.8) is 0 Å². The van der Waals surface area contributed by atoms with E-state index in [0.717, 1.165) is 17.0 Å². The van der Waals surface area contributed by atoms with Crippen LogP contribution in [0.3, 0.4) is 0 Å². The van der Waals surface area contributed by atoms with Crippen LogP contribution in [0.4, 0.5) is 18.9 Å². The van der Waals surface area contributed by atoms with Crippen LogP contribution in [-0.4, -0.2) is 67.0 Å². The van der Waals surface area contributed by atoms with E-state index in [1.54, 1.807) is 4.90 Å². The number of carbonyl (C=O) groups excluding carboxylic acids is 2. The third-order valence-electron chi connectivity index (χ3n) is 7.02. The van der Waals surface area contributed by atoms with Gasteiger partial charge in [-0.2, -0.15) is 13.2 Å². The van der Waals surface area contributed by atoms with E-state index in [1.807, 2.05) is 0 Å². The van der Waals surface area contributed by atoms with Gasteiger partial charge in [-0.05, 0) is 55.3 Å². The van der Waals surface area contributed by atoms with Crippen molar-refractivity contribution < 1.29 is 31.2 Å². The Bertz CT molecular complexity index is 1580. The Morgan fingerprint density at radius 1 is 1.21 bits per heavy atom. The second-order valence-corrected chi connectivity index (χ2v) is 13.0. The number of hydrogen-bond acceptors (Lipinski definition) is 6. The number of carbonyl (C=O) groups is 2. The Labute approximate surface area is 250 Å². The maximum absolute atomic E-state index is 14.3. The van der Waals surface area contributed by atoms with E-state index in [2.05, 4.69) is 15.3 Å². The Morgan fingerprint density at radius 2 is 1.95 bits per heavy atom. The van der Waals surface area contributed by atoms with Crippen molar-refractivity contribution in [2.45, 2.75) is 43.4 Å². The molecule has 1 atom stereocenters. The van der Waals surface area contributed by atoms with Crippen LogP contribution in [0.5, 0.6) is 0 Å². The summed E-state index contributed by atoms with van der Waals surface area (Å²) in [6, 6.07) is 5.43. The zero-order valence-electron chi connectivity index (χ0n) is 22.6. The van der Waals surface area contributed by atoms with Crippen molar-refractivity contribution in [2.24, 2.45) is 0 Å². The average molecular weight is 647 g/mol. The second kappa shape index (κ2) is 12.6. The largest absolute Gasteiger partial charge is 0.416 e. The zero-order chi connectivity index (χ0) is 30.8. The maximum atomic E-state index is 14.3. The topological polar surface area (TPSA) is 115 Å². The normalized spacial score (nSPS) is 16.3. The standard InChI is InChI=1S/C27H28Cl2F3N5O4S/c1-3-42(40,41)24-7-6-17(28)11-23(24)36(2)26(39)16-9-20(27(30,31)32)19(21(29)10-16)14-37-8-4-5-18(13-37)35-25(38)22-12-33-15-34-22/h6-7,9-12,15,18H,3-5,8,13-14H2,1-2H3,(H,33,34)(H,35,38)/t18-/m0/s1. The molecular weight excluding hydrogens is 618 g/mol. The molecule has 1 saturated heterocycles. The van der Waals surface area contributed by atoms with Crippen molar-refractivity contribution in [1.82, 2.24) is 20.2 Å². The van der Waals surface area contributed by atoms with E-state index in [0.29, 0.717) is 25.9 Å². The smallest absolute Gasteiger partial charge is 0.347 e. The Hall–Kier alpha value is -3.13. The Balaban J connectivity index is 1.61. The summed E-state index contributed by atoms with van der Waals surface area (Å²) in [6.45, 7) is 2.04. The number of rotatable bonds is 8. The summed E-state index contributed by atoms with van der Waals surface area (Å²) in [7, 11) is -2.54. The molecule has 2 heterocycles. The summed E-state index contributed by atoms with van der Waals surface area (Å²) in [6.07, 6.45) is -0.811. The molecule has 9 nitrogen and oxygen atoms in total. The number of likely N-dealkylation sites (tertiary alicyclic amines) is 1. The molecule has 3 aromatic rings. The number of halogens is 5. The molecule has 2 amide bonds.